The molecule has 4 N–H and O–H groups in total. The van der Waals surface area contributed by atoms with E-state index in [1.165, 1.54) is 16.5 Å². The summed E-state index contributed by atoms with van der Waals surface area (Å²) in [6.07, 6.45) is 2.06. The third kappa shape index (κ3) is 2.51. The maximum Gasteiger partial charge on any atom is 0.0923 e. The predicted molar refractivity (Wildman–Crippen MR) is 98.0 cm³/mol. The molecule has 0 aliphatic rings. The van der Waals surface area contributed by atoms with Gasteiger partial charge in [0.15, 0.2) is 0 Å². The molecular formula is C20H20N4. The number of fused-ring (bicyclic) bond motifs is 1. The van der Waals surface area contributed by atoms with E-state index >= 15 is 0 Å². The van der Waals surface area contributed by atoms with E-state index in [-0.39, 0.29) is 5.92 Å². The van der Waals surface area contributed by atoms with Crippen LogP contribution in [0.4, 0.5) is 0 Å². The molecule has 0 fully saturated rings. The van der Waals surface area contributed by atoms with Crippen molar-refractivity contribution >= 4 is 10.9 Å². The normalized spacial score (nSPS) is 12.6. The minimum atomic E-state index is 0.0884. The summed E-state index contributed by atoms with van der Waals surface area (Å²) in [6, 6.07) is 18.7. The number of nitrogens with two attached hydrogens (primary N) is 1. The average molecular weight is 316 g/mol. The van der Waals surface area contributed by atoms with Gasteiger partial charge in [-0.25, -0.2) is 0 Å². The number of H-pyrrole nitrogens is 2. The smallest absolute Gasteiger partial charge is 0.0923 e. The van der Waals surface area contributed by atoms with E-state index in [2.05, 4.69) is 64.7 Å². The monoisotopic (exact) mass is 316 g/mol. The topological polar surface area (TPSA) is 70.5 Å². The van der Waals surface area contributed by atoms with Gasteiger partial charge in [0.25, 0.3) is 0 Å². The Labute approximate surface area is 140 Å². The fourth-order valence-electron chi connectivity index (χ4n) is 3.24. The summed E-state index contributed by atoms with van der Waals surface area (Å²) in [4.78, 5) is 3.35. The van der Waals surface area contributed by atoms with Crippen LogP contribution < -0.4 is 5.73 Å². The molecule has 24 heavy (non-hydrogen) atoms. The second-order valence-corrected chi connectivity index (χ2v) is 6.16. The van der Waals surface area contributed by atoms with Crippen molar-refractivity contribution in [1.29, 1.82) is 0 Å². The Morgan fingerprint density at radius 2 is 1.92 bits per heavy atom. The summed E-state index contributed by atoms with van der Waals surface area (Å²) in [6.45, 7) is 2.63. The van der Waals surface area contributed by atoms with E-state index < -0.39 is 0 Å². The fourth-order valence-corrected chi connectivity index (χ4v) is 3.24. The maximum atomic E-state index is 6.11. The highest BCUT2D eigenvalue weighted by atomic mass is 15.1. The van der Waals surface area contributed by atoms with E-state index in [0.29, 0.717) is 6.54 Å². The summed E-state index contributed by atoms with van der Waals surface area (Å²) in [5, 5.41) is 8.87. The van der Waals surface area contributed by atoms with Crippen molar-refractivity contribution in [2.24, 2.45) is 5.73 Å². The molecule has 120 valence electrons. The fraction of sp³-hybridized carbons (Fsp3) is 0.150. The Morgan fingerprint density at radius 3 is 2.71 bits per heavy atom. The van der Waals surface area contributed by atoms with Gasteiger partial charge < -0.3 is 10.7 Å². The lowest BCUT2D eigenvalue weighted by Gasteiger charge is -2.12. The molecule has 0 aliphatic heterocycles. The number of aromatic amines is 2. The first kappa shape index (κ1) is 14.7. The molecule has 0 aliphatic carbocycles. The SMILES string of the molecule is Cc1ccc2[nH]cc(C(CN)c3cc(-c4ccccc4)n[nH]3)c2c1. The van der Waals surface area contributed by atoms with Gasteiger partial charge in [0.05, 0.1) is 5.69 Å². The van der Waals surface area contributed by atoms with Crippen LogP contribution in [0.25, 0.3) is 22.2 Å². The number of aryl methyl sites for hydroxylation is 1. The second-order valence-electron chi connectivity index (χ2n) is 6.16. The highest BCUT2D eigenvalue weighted by Crippen LogP contribution is 2.31. The van der Waals surface area contributed by atoms with Gasteiger partial charge in [-0.2, -0.15) is 5.10 Å². The largest absolute Gasteiger partial charge is 0.361 e. The van der Waals surface area contributed by atoms with Gasteiger partial charge in [-0.3, -0.25) is 5.10 Å². The van der Waals surface area contributed by atoms with Crippen LogP contribution >= 0.6 is 0 Å². The summed E-state index contributed by atoms with van der Waals surface area (Å²) < 4.78 is 0. The number of nitrogens with zero attached hydrogens (tertiary/aromatic N) is 1. The lowest BCUT2D eigenvalue weighted by molar-refractivity contribution is 0.785. The van der Waals surface area contributed by atoms with Crippen LogP contribution in [-0.2, 0) is 0 Å². The number of nitrogens with one attached hydrogen (secondary N) is 2. The van der Waals surface area contributed by atoms with Crippen LogP contribution in [0.15, 0.2) is 60.8 Å². The van der Waals surface area contributed by atoms with Gasteiger partial charge in [0.2, 0.25) is 0 Å². The Hall–Kier alpha value is -2.85. The van der Waals surface area contributed by atoms with Crippen LogP contribution in [0.3, 0.4) is 0 Å². The van der Waals surface area contributed by atoms with Crippen LogP contribution in [0.5, 0.6) is 0 Å². The predicted octanol–water partition coefficient (Wildman–Crippen LogP) is 3.96. The van der Waals surface area contributed by atoms with Crippen LogP contribution in [-0.4, -0.2) is 21.7 Å². The van der Waals surface area contributed by atoms with E-state index in [4.69, 9.17) is 5.73 Å². The van der Waals surface area contributed by atoms with Crippen LogP contribution in [0, 0.1) is 6.92 Å². The number of rotatable bonds is 4. The molecular weight excluding hydrogens is 296 g/mol. The number of benzene rings is 2. The first-order valence-corrected chi connectivity index (χ1v) is 8.14. The molecule has 4 nitrogen and oxygen atoms in total. The van der Waals surface area contributed by atoms with E-state index in [1.807, 2.05) is 18.2 Å². The quantitative estimate of drug-likeness (QED) is 0.533. The lowest BCUT2D eigenvalue weighted by atomic mass is 9.94. The zero-order valence-electron chi connectivity index (χ0n) is 13.6. The third-order valence-corrected chi connectivity index (χ3v) is 4.52. The van der Waals surface area contributed by atoms with Gasteiger partial charge in [-0.15, -0.1) is 0 Å². The summed E-state index contributed by atoms with van der Waals surface area (Å²) in [5.74, 6) is 0.0884. The van der Waals surface area contributed by atoms with E-state index in [1.54, 1.807) is 0 Å². The minimum absolute atomic E-state index is 0.0884. The average Bonchev–Trinajstić information content (AvgIpc) is 3.25. The maximum absolute atomic E-state index is 6.11. The molecule has 0 radical (unpaired) electrons. The molecule has 2 aromatic heterocycles. The first-order valence-electron chi connectivity index (χ1n) is 8.14. The van der Waals surface area contributed by atoms with Crippen molar-refractivity contribution in [3.05, 3.63) is 77.6 Å². The molecule has 1 atom stereocenters. The summed E-state index contributed by atoms with van der Waals surface area (Å²) >= 11 is 0. The zero-order valence-corrected chi connectivity index (χ0v) is 13.6. The first-order chi connectivity index (χ1) is 11.8. The van der Waals surface area contributed by atoms with Crippen molar-refractivity contribution in [2.45, 2.75) is 12.8 Å². The Kier molecular flexibility index (Phi) is 3.67. The molecule has 2 aromatic carbocycles. The molecule has 0 saturated heterocycles. The molecule has 1 unspecified atom stereocenters. The highest BCUT2D eigenvalue weighted by molar-refractivity contribution is 5.85. The van der Waals surface area contributed by atoms with Crippen LogP contribution in [0.2, 0.25) is 0 Å². The van der Waals surface area contributed by atoms with E-state index in [9.17, 15) is 0 Å². The highest BCUT2D eigenvalue weighted by Gasteiger charge is 2.19. The second kappa shape index (κ2) is 5.98. The number of aromatic nitrogens is 3. The van der Waals surface area contributed by atoms with Crippen molar-refractivity contribution in [3.8, 4) is 11.3 Å². The van der Waals surface area contributed by atoms with Crippen molar-refractivity contribution in [3.63, 3.8) is 0 Å². The molecule has 0 amide bonds. The van der Waals surface area contributed by atoms with Gasteiger partial charge in [0, 0.05) is 40.8 Å². The third-order valence-electron chi connectivity index (χ3n) is 4.52. The number of hydrogen-bond acceptors (Lipinski definition) is 2. The van der Waals surface area contributed by atoms with Gasteiger partial charge >= 0.3 is 0 Å². The molecule has 2 heterocycles. The zero-order chi connectivity index (χ0) is 16.5. The van der Waals surface area contributed by atoms with Crippen molar-refractivity contribution in [2.75, 3.05) is 6.54 Å². The van der Waals surface area contributed by atoms with Crippen LogP contribution in [0.1, 0.15) is 22.7 Å². The van der Waals surface area contributed by atoms with Gasteiger partial charge in [-0.05, 0) is 30.7 Å². The van der Waals surface area contributed by atoms with Gasteiger partial charge in [-0.1, -0.05) is 42.0 Å². The van der Waals surface area contributed by atoms with Crippen molar-refractivity contribution < 1.29 is 0 Å². The Bertz CT molecular complexity index is 966. The molecule has 0 saturated carbocycles. The summed E-state index contributed by atoms with van der Waals surface area (Å²) in [7, 11) is 0. The Morgan fingerprint density at radius 1 is 1.08 bits per heavy atom. The van der Waals surface area contributed by atoms with E-state index in [0.717, 1.165) is 22.5 Å². The molecule has 4 aromatic rings. The Balaban J connectivity index is 1.76. The number of hydrogen-bond donors (Lipinski definition) is 3. The molecule has 0 spiro atoms. The molecule has 0 bridgehead atoms. The van der Waals surface area contributed by atoms with Crippen molar-refractivity contribution in [1.82, 2.24) is 15.2 Å². The van der Waals surface area contributed by atoms with Gasteiger partial charge in [0.1, 0.15) is 0 Å². The molecule has 4 heteroatoms. The minimum Gasteiger partial charge on any atom is -0.361 e. The lowest BCUT2D eigenvalue weighted by Crippen LogP contribution is -2.14. The standard InChI is InChI=1S/C20H20N4/c1-13-7-8-18-15(9-13)17(12-22-18)16(11-21)20-10-19(23-24-20)14-5-3-2-4-6-14/h2-10,12,16,22H,11,21H2,1H3,(H,23,24). The summed E-state index contributed by atoms with van der Waals surface area (Å²) in [5.41, 5.74) is 12.8. The molecule has 4 rings (SSSR count).